The summed E-state index contributed by atoms with van der Waals surface area (Å²) in [6.07, 6.45) is 12.8. The van der Waals surface area contributed by atoms with Crippen LogP contribution in [0.3, 0.4) is 0 Å². The first-order valence-corrected chi connectivity index (χ1v) is 29.7. The Balaban J connectivity index is 0.953. The zero-order valence-corrected chi connectivity index (χ0v) is 45.1. The minimum atomic E-state index is -0.637. The summed E-state index contributed by atoms with van der Waals surface area (Å²) in [4.78, 5) is 2.61. The first-order valence-electron chi connectivity index (χ1n) is 29.7. The molecule has 0 amide bonds. The van der Waals surface area contributed by atoms with Crippen molar-refractivity contribution in [1.29, 1.82) is 0 Å². The highest BCUT2D eigenvalue weighted by Gasteiger charge is 2.54. The molecule has 2 nitrogen and oxygen atoms in total. The Kier molecular flexibility index (Phi) is 10.3. The van der Waals surface area contributed by atoms with Crippen LogP contribution in [0.1, 0.15) is 132 Å². The number of ether oxygens (including phenoxy) is 1. The van der Waals surface area contributed by atoms with Gasteiger partial charge in [0.25, 0.3) is 0 Å². The van der Waals surface area contributed by atoms with Gasteiger partial charge in [-0.2, -0.15) is 0 Å². The maximum Gasteiger partial charge on any atom is 0.132 e. The van der Waals surface area contributed by atoms with Gasteiger partial charge < -0.3 is 9.64 Å². The lowest BCUT2D eigenvalue weighted by Gasteiger charge is -2.41. The summed E-state index contributed by atoms with van der Waals surface area (Å²) in [5.41, 5.74) is 26.0. The highest BCUT2D eigenvalue weighted by atomic mass is 16.5. The van der Waals surface area contributed by atoms with Gasteiger partial charge in [-0.1, -0.05) is 233 Å². The Hall–Kier alpha value is -8.72. The van der Waals surface area contributed by atoms with Crippen molar-refractivity contribution >= 4 is 27.8 Å². The van der Waals surface area contributed by atoms with Crippen LogP contribution in [0.25, 0.3) is 55.3 Å². The number of rotatable bonds is 6. The predicted octanol–water partition coefficient (Wildman–Crippen LogP) is 20.9. The summed E-state index contributed by atoms with van der Waals surface area (Å²) < 4.78 is 7.25. The largest absolute Gasteiger partial charge is 0.457 e. The maximum absolute atomic E-state index is 7.25. The fraction of sp³-hybridized carbons (Fsp3) is 0.179. The van der Waals surface area contributed by atoms with Crippen molar-refractivity contribution < 1.29 is 4.74 Å². The molecule has 384 valence electrons. The lowest BCUT2D eigenvalue weighted by atomic mass is 9.64. The Labute approximate surface area is 470 Å². The molecule has 2 heteroatoms. The van der Waals surface area contributed by atoms with E-state index in [0.717, 1.165) is 28.6 Å². The average Bonchev–Trinajstić information content (AvgIpc) is 4.16. The second-order valence-electron chi connectivity index (χ2n) is 23.8. The number of hydrogen-bond acceptors (Lipinski definition) is 2. The van der Waals surface area contributed by atoms with Gasteiger partial charge >= 0.3 is 0 Å². The molecule has 0 saturated heterocycles. The summed E-state index contributed by atoms with van der Waals surface area (Å²) >= 11 is 0. The van der Waals surface area contributed by atoms with Gasteiger partial charge in [0.05, 0.1) is 16.5 Å². The molecule has 0 atom stereocenters. The van der Waals surface area contributed by atoms with Crippen molar-refractivity contribution in [1.82, 2.24) is 0 Å². The van der Waals surface area contributed by atoms with Gasteiger partial charge in [-0.3, -0.25) is 0 Å². The molecule has 1 aliphatic heterocycles. The predicted molar refractivity (Wildman–Crippen MR) is 329 cm³/mol. The Morgan fingerprint density at radius 2 is 0.700 bits per heavy atom. The van der Waals surface area contributed by atoms with Gasteiger partial charge in [-0.15, -0.1) is 0 Å². The third kappa shape index (κ3) is 6.48. The summed E-state index contributed by atoms with van der Waals surface area (Å²) in [6.45, 7) is 0. The molecule has 1 heterocycles. The second kappa shape index (κ2) is 17.9. The van der Waals surface area contributed by atoms with Crippen LogP contribution in [0.2, 0.25) is 0 Å². The van der Waals surface area contributed by atoms with Crippen LogP contribution in [0.5, 0.6) is 11.5 Å². The Morgan fingerprint density at radius 1 is 0.300 bits per heavy atom. The zero-order valence-electron chi connectivity index (χ0n) is 45.1. The smallest absolute Gasteiger partial charge is 0.132 e. The van der Waals surface area contributed by atoms with Crippen LogP contribution in [-0.2, 0) is 10.8 Å². The minimum Gasteiger partial charge on any atom is -0.457 e. The van der Waals surface area contributed by atoms with Crippen LogP contribution in [0, 0.1) is 0 Å². The third-order valence-corrected chi connectivity index (χ3v) is 19.9. The quantitative estimate of drug-likeness (QED) is 0.165. The molecule has 0 aromatic heterocycles. The molecule has 0 unspecified atom stereocenters. The second-order valence-corrected chi connectivity index (χ2v) is 23.8. The van der Waals surface area contributed by atoms with E-state index in [1.54, 1.807) is 0 Å². The van der Waals surface area contributed by atoms with Crippen molar-refractivity contribution in [3.8, 4) is 56.0 Å². The van der Waals surface area contributed by atoms with Gasteiger partial charge in [0.2, 0.25) is 0 Å². The van der Waals surface area contributed by atoms with Gasteiger partial charge in [0, 0.05) is 28.1 Å². The fourth-order valence-electron chi connectivity index (χ4n) is 16.5. The highest BCUT2D eigenvalue weighted by molar-refractivity contribution is 6.03. The summed E-state index contributed by atoms with van der Waals surface area (Å²) in [6, 6.07) is 91.3. The van der Waals surface area contributed by atoms with Crippen molar-refractivity contribution in [2.45, 2.75) is 86.9 Å². The lowest BCUT2D eigenvalue weighted by molar-refractivity contribution is 0.424. The van der Waals surface area contributed by atoms with Crippen LogP contribution < -0.4 is 9.64 Å². The zero-order chi connectivity index (χ0) is 52.5. The van der Waals surface area contributed by atoms with E-state index < -0.39 is 10.8 Å². The van der Waals surface area contributed by atoms with Crippen molar-refractivity contribution in [3.05, 3.63) is 292 Å². The Bertz CT molecular complexity index is 4200. The standard InChI is InChI=1S/C78H61NO/c1-3-20-50(21-4-1)53-38-44-75-72(46-53)78(73-47-54(39-45-76(73)80-75)51-22-5-2-6-23-51)69-36-17-12-30-62(69)64-43-41-56(49-71(64)78)79(74-37-18-13-31-65(74)58-32-19-25-52-24-7-8-26-57(52)58)55-40-42-63-61-29-11-16-35-68(61)77(70(63)48-55)66-33-14-9-27-59(66)60-28-10-15-34-67(60)77/h7-19,24-51H,1-6,20-23H2. The van der Waals surface area contributed by atoms with E-state index in [2.05, 4.69) is 241 Å². The SMILES string of the molecule is c1ccc(N(c2ccc3c(c2)C2(c4cc(C5CCCCC5)ccc4Oc4ccc(C5CCCCC5)cc42)c2ccccc2-3)c2ccc3c(c2)C2(c4ccccc4-c4ccccc42)c2ccccc2-3)c(-c2cccc3ccccc23)c1. The molecule has 2 fully saturated rings. The molecule has 0 bridgehead atoms. The van der Waals surface area contributed by atoms with Crippen LogP contribution >= 0.6 is 0 Å². The molecule has 0 radical (unpaired) electrons. The van der Waals surface area contributed by atoms with E-state index in [0.29, 0.717) is 11.8 Å². The van der Waals surface area contributed by atoms with Crippen LogP contribution in [0.15, 0.2) is 237 Å². The van der Waals surface area contributed by atoms with E-state index >= 15 is 0 Å². The van der Waals surface area contributed by atoms with Gasteiger partial charge in [-0.05, 0) is 174 Å². The maximum atomic E-state index is 7.25. The Morgan fingerprint density at radius 3 is 1.21 bits per heavy atom. The van der Waals surface area contributed by atoms with Gasteiger partial charge in [-0.25, -0.2) is 0 Å². The van der Waals surface area contributed by atoms with E-state index in [4.69, 9.17) is 4.74 Å². The first kappa shape index (κ1) is 46.2. The average molecular weight is 1030 g/mol. The van der Waals surface area contributed by atoms with Crippen LogP contribution in [0.4, 0.5) is 17.1 Å². The molecule has 6 aliphatic rings. The minimum absolute atomic E-state index is 0.499. The molecular formula is C78H61NO. The number of anilines is 3. The number of benzene rings is 11. The monoisotopic (exact) mass is 1030 g/mol. The molecule has 2 saturated carbocycles. The normalized spacial score (nSPS) is 16.7. The molecule has 11 aromatic rings. The van der Waals surface area contributed by atoms with E-state index in [-0.39, 0.29) is 0 Å². The van der Waals surface area contributed by atoms with E-state index in [1.807, 2.05) is 0 Å². The van der Waals surface area contributed by atoms with Crippen molar-refractivity contribution in [3.63, 3.8) is 0 Å². The number of hydrogen-bond donors (Lipinski definition) is 0. The van der Waals surface area contributed by atoms with Gasteiger partial charge in [0.1, 0.15) is 11.5 Å². The fourth-order valence-corrected chi connectivity index (χ4v) is 16.5. The summed E-state index contributed by atoms with van der Waals surface area (Å²) in [5.74, 6) is 3.01. The first-order chi connectivity index (χ1) is 39.7. The molecule has 80 heavy (non-hydrogen) atoms. The van der Waals surface area contributed by atoms with Crippen LogP contribution in [-0.4, -0.2) is 0 Å². The number of fused-ring (bicyclic) bond motifs is 20. The van der Waals surface area contributed by atoms with E-state index in [1.165, 1.54) is 175 Å². The molecular weight excluding hydrogens is 967 g/mol. The molecule has 17 rings (SSSR count). The number of para-hydroxylation sites is 1. The number of nitrogens with zero attached hydrogens (tertiary/aromatic N) is 1. The summed E-state index contributed by atoms with van der Waals surface area (Å²) in [7, 11) is 0. The highest BCUT2D eigenvalue weighted by Crippen LogP contribution is 2.66. The molecule has 11 aromatic carbocycles. The van der Waals surface area contributed by atoms with Gasteiger partial charge in [0.15, 0.2) is 0 Å². The molecule has 5 aliphatic carbocycles. The topological polar surface area (TPSA) is 12.5 Å². The van der Waals surface area contributed by atoms with Crippen molar-refractivity contribution in [2.24, 2.45) is 0 Å². The van der Waals surface area contributed by atoms with E-state index in [9.17, 15) is 0 Å². The van der Waals surface area contributed by atoms with Crippen molar-refractivity contribution in [2.75, 3.05) is 4.90 Å². The summed E-state index contributed by atoms with van der Waals surface area (Å²) in [5, 5.41) is 2.47. The molecule has 0 N–H and O–H groups in total. The molecule has 2 spiro atoms. The third-order valence-electron chi connectivity index (χ3n) is 19.9. The lowest BCUT2D eigenvalue weighted by Crippen LogP contribution is -2.33.